The van der Waals surface area contributed by atoms with Crippen LogP contribution in [0, 0.1) is 5.82 Å². The van der Waals surface area contributed by atoms with Gasteiger partial charge < -0.3 is 24.8 Å². The first-order chi connectivity index (χ1) is 14.5. The Morgan fingerprint density at radius 2 is 1.87 bits per heavy atom. The van der Waals surface area contributed by atoms with Crippen molar-refractivity contribution < 1.29 is 13.9 Å². The molecule has 0 unspecified atom stereocenters. The van der Waals surface area contributed by atoms with Crippen molar-refractivity contribution in [2.45, 2.75) is 13.2 Å². The van der Waals surface area contributed by atoms with Gasteiger partial charge in [0, 0.05) is 23.4 Å². The van der Waals surface area contributed by atoms with Crippen LogP contribution >= 0.6 is 11.6 Å². The van der Waals surface area contributed by atoms with Gasteiger partial charge in [0.1, 0.15) is 12.4 Å². The highest BCUT2D eigenvalue weighted by molar-refractivity contribution is 6.31. The Hall–Kier alpha value is -3.45. The zero-order valence-electron chi connectivity index (χ0n) is 16.1. The molecule has 4 rings (SSSR count). The molecule has 1 aromatic heterocycles. The number of aromatic nitrogens is 2. The number of H-pyrrole nitrogens is 2. The first-order valence-corrected chi connectivity index (χ1v) is 9.60. The molecule has 0 atom stereocenters. The summed E-state index contributed by atoms with van der Waals surface area (Å²) in [6, 6.07) is 15.4. The molecule has 0 bridgehead atoms. The third-order valence-corrected chi connectivity index (χ3v) is 5.02. The van der Waals surface area contributed by atoms with Crippen LogP contribution in [0.4, 0.5) is 10.1 Å². The summed E-state index contributed by atoms with van der Waals surface area (Å²) in [5.41, 5.74) is 3.60. The Bertz CT molecular complexity index is 1250. The number of anilines is 1. The van der Waals surface area contributed by atoms with E-state index in [1.54, 1.807) is 13.2 Å². The summed E-state index contributed by atoms with van der Waals surface area (Å²) in [6.07, 6.45) is 0. The molecule has 0 radical (unpaired) electrons. The number of methoxy groups -OCH3 is 1. The third-order valence-electron chi connectivity index (χ3n) is 4.67. The van der Waals surface area contributed by atoms with Crippen molar-refractivity contribution >= 4 is 28.3 Å². The van der Waals surface area contributed by atoms with E-state index in [1.807, 2.05) is 36.4 Å². The van der Waals surface area contributed by atoms with Crippen molar-refractivity contribution in [1.29, 1.82) is 0 Å². The van der Waals surface area contributed by atoms with Crippen molar-refractivity contribution in [3.05, 3.63) is 87.0 Å². The highest BCUT2D eigenvalue weighted by atomic mass is 35.5. The van der Waals surface area contributed by atoms with Crippen LogP contribution in [-0.4, -0.2) is 17.1 Å². The van der Waals surface area contributed by atoms with E-state index in [9.17, 15) is 9.18 Å². The minimum atomic E-state index is -0.397. The maximum Gasteiger partial charge on any atom is 0.323 e. The van der Waals surface area contributed by atoms with E-state index >= 15 is 0 Å². The van der Waals surface area contributed by atoms with E-state index in [2.05, 4.69) is 15.3 Å². The lowest BCUT2D eigenvalue weighted by molar-refractivity contribution is 0.281. The van der Waals surface area contributed by atoms with Crippen LogP contribution in [0.25, 0.3) is 11.0 Å². The van der Waals surface area contributed by atoms with Crippen LogP contribution in [0.5, 0.6) is 11.5 Å². The number of benzene rings is 3. The average Bonchev–Trinajstić information content (AvgIpc) is 3.11. The lowest BCUT2D eigenvalue weighted by Gasteiger charge is -2.16. The Balaban J connectivity index is 1.54. The average molecular weight is 428 g/mol. The predicted molar refractivity (Wildman–Crippen MR) is 115 cm³/mol. The van der Waals surface area contributed by atoms with Crippen LogP contribution in [0.15, 0.2) is 59.4 Å². The second kappa shape index (κ2) is 8.51. The van der Waals surface area contributed by atoms with Crippen LogP contribution in [0.2, 0.25) is 5.02 Å². The minimum absolute atomic E-state index is 0.170. The molecule has 0 aliphatic carbocycles. The molecule has 0 fully saturated rings. The zero-order valence-corrected chi connectivity index (χ0v) is 16.8. The second-order valence-corrected chi connectivity index (χ2v) is 7.07. The van der Waals surface area contributed by atoms with Gasteiger partial charge >= 0.3 is 5.69 Å². The van der Waals surface area contributed by atoms with Crippen molar-refractivity contribution in [3.8, 4) is 11.5 Å². The smallest absolute Gasteiger partial charge is 0.323 e. The third kappa shape index (κ3) is 4.26. The number of ether oxygens (including phenoxy) is 2. The Morgan fingerprint density at radius 3 is 2.67 bits per heavy atom. The summed E-state index contributed by atoms with van der Waals surface area (Å²) >= 11 is 6.11. The van der Waals surface area contributed by atoms with Gasteiger partial charge in [-0.25, -0.2) is 9.18 Å². The fourth-order valence-corrected chi connectivity index (χ4v) is 3.38. The number of hydrogen-bond acceptors (Lipinski definition) is 4. The number of hydrogen-bond donors (Lipinski definition) is 3. The Labute approximate surface area is 176 Å². The lowest BCUT2D eigenvalue weighted by atomic mass is 10.1. The first-order valence-electron chi connectivity index (χ1n) is 9.22. The van der Waals surface area contributed by atoms with Gasteiger partial charge in [-0.05, 0) is 36.4 Å². The number of halogens is 2. The summed E-state index contributed by atoms with van der Waals surface area (Å²) < 4.78 is 24.7. The molecule has 3 aromatic carbocycles. The zero-order chi connectivity index (χ0) is 21.1. The summed E-state index contributed by atoms with van der Waals surface area (Å²) in [5, 5.41) is 3.63. The maximum atomic E-state index is 13.3. The molecule has 4 aromatic rings. The summed E-state index contributed by atoms with van der Waals surface area (Å²) in [7, 11) is 1.57. The monoisotopic (exact) mass is 427 g/mol. The largest absolute Gasteiger partial charge is 0.493 e. The second-order valence-electron chi connectivity index (χ2n) is 6.67. The maximum absolute atomic E-state index is 13.3. The van der Waals surface area contributed by atoms with Gasteiger partial charge in [0.15, 0.2) is 11.5 Å². The van der Waals surface area contributed by atoms with Crippen LogP contribution in [-0.2, 0) is 13.2 Å². The summed E-state index contributed by atoms with van der Waals surface area (Å²) in [5.74, 6) is 0.758. The highest BCUT2D eigenvalue weighted by Crippen LogP contribution is 2.33. The molecule has 6 nitrogen and oxygen atoms in total. The number of fused-ring (bicyclic) bond motifs is 1. The minimum Gasteiger partial charge on any atom is -0.493 e. The quantitative estimate of drug-likeness (QED) is 0.394. The number of rotatable bonds is 7. The van der Waals surface area contributed by atoms with Gasteiger partial charge in [0.2, 0.25) is 0 Å². The molecule has 1 heterocycles. The molecule has 0 saturated heterocycles. The van der Waals surface area contributed by atoms with Crippen molar-refractivity contribution in [1.82, 2.24) is 9.97 Å². The van der Waals surface area contributed by atoms with Crippen LogP contribution < -0.4 is 20.5 Å². The van der Waals surface area contributed by atoms with E-state index in [0.717, 1.165) is 22.3 Å². The molecule has 0 aliphatic heterocycles. The van der Waals surface area contributed by atoms with E-state index in [4.69, 9.17) is 21.1 Å². The molecular weight excluding hydrogens is 409 g/mol. The van der Waals surface area contributed by atoms with E-state index in [1.165, 1.54) is 12.1 Å². The van der Waals surface area contributed by atoms with Crippen molar-refractivity contribution in [2.24, 2.45) is 0 Å². The summed E-state index contributed by atoms with van der Waals surface area (Å²) in [6.45, 7) is 0.632. The van der Waals surface area contributed by atoms with Gasteiger partial charge in [-0.15, -0.1) is 0 Å². The van der Waals surface area contributed by atoms with Crippen molar-refractivity contribution in [3.63, 3.8) is 0 Å². The molecule has 154 valence electrons. The predicted octanol–water partition coefficient (Wildman–Crippen LogP) is 4.85. The Kier molecular flexibility index (Phi) is 5.63. The molecule has 0 saturated carbocycles. The van der Waals surface area contributed by atoms with E-state index in [-0.39, 0.29) is 12.3 Å². The molecule has 0 amide bonds. The highest BCUT2D eigenvalue weighted by Gasteiger charge is 2.12. The van der Waals surface area contributed by atoms with Gasteiger partial charge in [-0.2, -0.15) is 0 Å². The number of aromatic amines is 2. The fraction of sp³-hybridized carbons (Fsp3) is 0.136. The summed E-state index contributed by atoms with van der Waals surface area (Å²) in [4.78, 5) is 16.9. The lowest BCUT2D eigenvalue weighted by Crippen LogP contribution is -2.05. The molecule has 30 heavy (non-hydrogen) atoms. The standard InChI is InChI=1S/C22H19ClFN3O3/c1-29-20-4-2-3-13(21(20)30-12-14-5-6-15(24)9-17(14)23)11-25-16-7-8-18-19(10-16)27-22(28)26-18/h2-10,25H,11-12H2,1H3,(H2,26,27,28). The molecule has 0 aliphatic rings. The normalized spacial score (nSPS) is 10.9. The molecule has 0 spiro atoms. The number of imidazole rings is 1. The van der Waals surface area contributed by atoms with E-state index < -0.39 is 5.82 Å². The molecule has 8 heteroatoms. The van der Waals surface area contributed by atoms with E-state index in [0.29, 0.717) is 28.6 Å². The van der Waals surface area contributed by atoms with Crippen molar-refractivity contribution in [2.75, 3.05) is 12.4 Å². The SMILES string of the molecule is COc1cccc(CNc2ccc3[nH]c(=O)[nH]c3c2)c1OCc1ccc(F)cc1Cl. The van der Waals surface area contributed by atoms with Crippen LogP contribution in [0.3, 0.4) is 0 Å². The van der Waals surface area contributed by atoms with Gasteiger partial charge in [-0.1, -0.05) is 29.8 Å². The number of nitrogens with one attached hydrogen (secondary N) is 3. The van der Waals surface area contributed by atoms with Gasteiger partial charge in [0.25, 0.3) is 0 Å². The van der Waals surface area contributed by atoms with Gasteiger partial charge in [-0.3, -0.25) is 0 Å². The van der Waals surface area contributed by atoms with Crippen LogP contribution in [0.1, 0.15) is 11.1 Å². The van der Waals surface area contributed by atoms with Gasteiger partial charge in [0.05, 0.1) is 23.2 Å². The Morgan fingerprint density at radius 1 is 1.03 bits per heavy atom. The topological polar surface area (TPSA) is 79.1 Å². The first kappa shape index (κ1) is 19.8. The number of para-hydroxylation sites is 1. The molecular formula is C22H19ClFN3O3. The molecule has 3 N–H and O–H groups in total. The fourth-order valence-electron chi connectivity index (χ4n) is 3.15.